The number of nitrogens with zero attached hydrogens (tertiary/aromatic N) is 1. The zero-order valence-corrected chi connectivity index (χ0v) is 16.9. The molecule has 1 unspecified atom stereocenters. The number of aromatic amines is 1. The predicted molar refractivity (Wildman–Crippen MR) is 109 cm³/mol. The number of allylic oxidation sites excluding steroid dienone is 1. The molecule has 10 heteroatoms. The second kappa shape index (κ2) is 7.73. The van der Waals surface area contributed by atoms with E-state index in [1.807, 2.05) is 0 Å². The van der Waals surface area contributed by atoms with Crippen molar-refractivity contribution < 1.29 is 22.8 Å². The van der Waals surface area contributed by atoms with Gasteiger partial charge >= 0.3 is 6.18 Å². The number of halogens is 4. The largest absolute Gasteiger partial charge is 0.416 e. The van der Waals surface area contributed by atoms with Gasteiger partial charge in [-0.05, 0) is 36.8 Å². The quantitative estimate of drug-likeness (QED) is 0.540. The fourth-order valence-corrected chi connectivity index (χ4v) is 3.95. The Hall–Kier alpha value is -3.33. The molecule has 2 heterocycles. The highest BCUT2D eigenvalue weighted by Gasteiger charge is 2.34. The van der Waals surface area contributed by atoms with Crippen LogP contribution in [0.15, 0.2) is 53.9 Å². The smallest absolute Gasteiger partial charge is 0.330 e. The first-order chi connectivity index (χ1) is 14.6. The van der Waals surface area contributed by atoms with Crippen LogP contribution in [0.4, 0.5) is 18.9 Å². The van der Waals surface area contributed by atoms with E-state index < -0.39 is 23.6 Å². The number of rotatable bonds is 3. The number of carbonyl (C=O) groups is 2. The Morgan fingerprint density at radius 1 is 1.23 bits per heavy atom. The molecule has 4 rings (SSSR count). The van der Waals surface area contributed by atoms with Gasteiger partial charge in [0.15, 0.2) is 0 Å². The van der Waals surface area contributed by atoms with E-state index in [1.54, 1.807) is 25.3 Å². The summed E-state index contributed by atoms with van der Waals surface area (Å²) in [6.07, 6.45) is -2.97. The summed E-state index contributed by atoms with van der Waals surface area (Å²) in [7, 11) is 0. The number of carbonyl (C=O) groups excluding carboxylic acids is 2. The van der Waals surface area contributed by atoms with Gasteiger partial charge in [-0.1, -0.05) is 23.7 Å². The van der Waals surface area contributed by atoms with E-state index in [-0.39, 0.29) is 17.9 Å². The molecule has 0 radical (unpaired) electrons. The zero-order valence-electron chi connectivity index (χ0n) is 16.1. The maximum absolute atomic E-state index is 13.1. The molecule has 1 atom stereocenters. The van der Waals surface area contributed by atoms with Crippen molar-refractivity contribution in [1.29, 1.82) is 0 Å². The van der Waals surface area contributed by atoms with Crippen molar-refractivity contribution in [2.75, 3.05) is 5.32 Å². The van der Waals surface area contributed by atoms with E-state index >= 15 is 0 Å². The lowest BCUT2D eigenvalue weighted by atomic mass is 9.83. The highest BCUT2D eigenvalue weighted by Crippen LogP contribution is 2.36. The Morgan fingerprint density at radius 3 is 2.61 bits per heavy atom. The molecule has 1 aliphatic heterocycles. The number of hydrogen-bond donors (Lipinski definition) is 3. The van der Waals surface area contributed by atoms with Gasteiger partial charge in [0.1, 0.15) is 0 Å². The lowest BCUT2D eigenvalue weighted by Gasteiger charge is -2.27. The molecular weight excluding hydrogens is 433 g/mol. The third-order valence-electron chi connectivity index (χ3n) is 5.11. The third-order valence-corrected chi connectivity index (χ3v) is 5.41. The van der Waals surface area contributed by atoms with Crippen LogP contribution in [-0.2, 0) is 15.8 Å². The Kier molecular flexibility index (Phi) is 5.22. The Morgan fingerprint density at radius 2 is 1.94 bits per heavy atom. The van der Waals surface area contributed by atoms with Crippen molar-refractivity contribution in [2.24, 2.45) is 0 Å². The maximum Gasteiger partial charge on any atom is 0.416 e. The van der Waals surface area contributed by atoms with Gasteiger partial charge in [-0.15, -0.1) is 0 Å². The minimum Gasteiger partial charge on any atom is -0.330 e. The van der Waals surface area contributed by atoms with Crippen LogP contribution in [-0.4, -0.2) is 22.0 Å². The summed E-state index contributed by atoms with van der Waals surface area (Å²) in [5.74, 6) is -1.49. The summed E-state index contributed by atoms with van der Waals surface area (Å²) >= 11 is 6.21. The molecule has 160 valence electrons. The molecule has 0 fully saturated rings. The molecule has 0 saturated heterocycles. The summed E-state index contributed by atoms with van der Waals surface area (Å²) in [6, 6.07) is 7.72. The van der Waals surface area contributed by atoms with Crippen LogP contribution in [0, 0.1) is 0 Å². The number of nitrogens with one attached hydrogen (secondary N) is 3. The third kappa shape index (κ3) is 4.13. The van der Waals surface area contributed by atoms with E-state index in [0.29, 0.717) is 32.9 Å². The molecule has 2 amide bonds. The van der Waals surface area contributed by atoms with Crippen molar-refractivity contribution in [1.82, 2.24) is 15.5 Å². The van der Waals surface area contributed by atoms with Crippen molar-refractivity contribution >= 4 is 40.0 Å². The first-order valence-corrected chi connectivity index (χ1v) is 9.63. The Labute approximate surface area is 179 Å². The average Bonchev–Trinajstić information content (AvgIpc) is 3.16. The Balaban J connectivity index is 1.66. The summed E-state index contributed by atoms with van der Waals surface area (Å²) in [5, 5.41) is 13.1. The summed E-state index contributed by atoms with van der Waals surface area (Å²) < 4.78 is 38.7. The van der Waals surface area contributed by atoms with Gasteiger partial charge in [0.2, 0.25) is 5.91 Å². The number of hydrogen-bond acceptors (Lipinski definition) is 3. The minimum absolute atomic E-state index is 0.0625. The molecule has 0 bridgehead atoms. The van der Waals surface area contributed by atoms with E-state index in [4.69, 9.17) is 11.6 Å². The summed E-state index contributed by atoms with van der Waals surface area (Å²) in [4.78, 5) is 25.2. The van der Waals surface area contributed by atoms with Crippen LogP contribution in [0.25, 0.3) is 10.9 Å². The van der Waals surface area contributed by atoms with Gasteiger partial charge < -0.3 is 10.6 Å². The SMILES string of the molecule is CC1=C(C(=O)Nc2cc(Cl)c3[nH]ncc3c2)C(c2ccc(C(F)(F)F)cc2)CC(=O)N1. The van der Waals surface area contributed by atoms with Gasteiger partial charge in [0.25, 0.3) is 5.91 Å². The number of fused-ring (bicyclic) bond motifs is 1. The molecule has 0 spiro atoms. The fourth-order valence-electron chi connectivity index (χ4n) is 3.68. The van der Waals surface area contributed by atoms with Crippen LogP contribution in [0.3, 0.4) is 0 Å². The van der Waals surface area contributed by atoms with Crippen molar-refractivity contribution in [3.8, 4) is 0 Å². The second-order valence-corrected chi connectivity index (χ2v) is 7.62. The number of benzene rings is 2. The van der Waals surface area contributed by atoms with Crippen LogP contribution < -0.4 is 10.6 Å². The number of anilines is 1. The molecule has 31 heavy (non-hydrogen) atoms. The Bertz CT molecular complexity index is 1220. The van der Waals surface area contributed by atoms with Crippen molar-refractivity contribution in [3.05, 3.63) is 70.0 Å². The zero-order chi connectivity index (χ0) is 22.3. The first-order valence-electron chi connectivity index (χ1n) is 9.25. The lowest BCUT2D eigenvalue weighted by Crippen LogP contribution is -2.35. The maximum atomic E-state index is 13.1. The molecule has 0 saturated carbocycles. The van der Waals surface area contributed by atoms with Crippen LogP contribution in [0.1, 0.15) is 30.4 Å². The topological polar surface area (TPSA) is 86.9 Å². The highest BCUT2D eigenvalue weighted by molar-refractivity contribution is 6.35. The van der Waals surface area contributed by atoms with Crippen molar-refractivity contribution in [3.63, 3.8) is 0 Å². The van der Waals surface area contributed by atoms with Gasteiger partial charge in [-0.2, -0.15) is 18.3 Å². The van der Waals surface area contributed by atoms with E-state index in [1.165, 1.54) is 12.1 Å². The molecule has 6 nitrogen and oxygen atoms in total. The molecule has 2 aromatic carbocycles. The van der Waals surface area contributed by atoms with E-state index in [9.17, 15) is 22.8 Å². The minimum atomic E-state index is -4.47. The summed E-state index contributed by atoms with van der Waals surface area (Å²) in [5.41, 5.74) is 1.30. The predicted octanol–water partition coefficient (Wildman–Crippen LogP) is 4.75. The molecule has 1 aromatic heterocycles. The monoisotopic (exact) mass is 448 g/mol. The second-order valence-electron chi connectivity index (χ2n) is 7.21. The normalized spacial score (nSPS) is 17.1. The van der Waals surface area contributed by atoms with Gasteiger partial charge in [0, 0.05) is 34.7 Å². The average molecular weight is 449 g/mol. The number of aromatic nitrogens is 2. The number of amides is 2. The highest BCUT2D eigenvalue weighted by atomic mass is 35.5. The molecule has 1 aliphatic rings. The molecular formula is C21H16ClF3N4O2. The van der Waals surface area contributed by atoms with Crippen LogP contribution in [0.2, 0.25) is 5.02 Å². The standard InChI is InChI=1S/C21H16ClF3N4O2/c1-10-18(20(31)28-14-6-12-9-26-29-19(12)16(22)7-14)15(8-17(30)27-10)11-2-4-13(5-3-11)21(23,24)25/h2-7,9,15H,8H2,1H3,(H,26,29)(H,27,30)(H,28,31). The molecule has 0 aliphatic carbocycles. The van der Waals surface area contributed by atoms with Gasteiger partial charge in [-0.3, -0.25) is 14.7 Å². The number of alkyl halides is 3. The summed E-state index contributed by atoms with van der Waals surface area (Å²) in [6.45, 7) is 1.58. The number of H-pyrrole nitrogens is 1. The van der Waals surface area contributed by atoms with Crippen molar-refractivity contribution in [2.45, 2.75) is 25.4 Å². The van der Waals surface area contributed by atoms with Crippen LogP contribution in [0.5, 0.6) is 0 Å². The van der Waals surface area contributed by atoms with E-state index in [2.05, 4.69) is 20.8 Å². The van der Waals surface area contributed by atoms with Gasteiger partial charge in [0.05, 0.1) is 22.3 Å². The van der Waals surface area contributed by atoms with E-state index in [0.717, 1.165) is 12.1 Å². The molecule has 3 aromatic rings. The molecule has 3 N–H and O–H groups in total. The fraction of sp³-hybridized carbons (Fsp3) is 0.190. The lowest BCUT2D eigenvalue weighted by molar-refractivity contribution is -0.137. The van der Waals surface area contributed by atoms with Crippen LogP contribution >= 0.6 is 11.6 Å². The van der Waals surface area contributed by atoms with Gasteiger partial charge in [-0.25, -0.2) is 0 Å². The first kappa shape index (κ1) is 20.9.